The summed E-state index contributed by atoms with van der Waals surface area (Å²) in [6, 6.07) is 0. The SMILES string of the molecule is CC1=C2C(=O)NC3(C)C=C(C(Nc4ncnc5sc(C(=O)O)c(C)c45)=C1)N23. The first-order valence-electron chi connectivity index (χ1n) is 8.33. The zero-order valence-corrected chi connectivity index (χ0v) is 15.6. The average Bonchev–Trinajstić information content (AvgIpc) is 3.04. The lowest BCUT2D eigenvalue weighted by atomic mass is 9.93. The number of rotatable bonds is 3. The Labute approximate surface area is 157 Å². The first-order valence-corrected chi connectivity index (χ1v) is 9.15. The molecule has 1 atom stereocenters. The van der Waals surface area contributed by atoms with E-state index in [0.717, 1.165) is 28.3 Å². The lowest BCUT2D eigenvalue weighted by Crippen LogP contribution is -2.55. The van der Waals surface area contributed by atoms with Crippen LogP contribution < -0.4 is 10.6 Å². The summed E-state index contributed by atoms with van der Waals surface area (Å²) in [4.78, 5) is 35.1. The zero-order valence-electron chi connectivity index (χ0n) is 14.7. The monoisotopic (exact) mass is 381 g/mol. The van der Waals surface area contributed by atoms with Gasteiger partial charge >= 0.3 is 5.97 Å². The van der Waals surface area contributed by atoms with Crippen molar-refractivity contribution in [2.45, 2.75) is 26.4 Å². The van der Waals surface area contributed by atoms with Gasteiger partial charge in [-0.05, 0) is 44.1 Å². The molecule has 0 saturated carbocycles. The van der Waals surface area contributed by atoms with Crippen LogP contribution in [0.4, 0.5) is 5.82 Å². The van der Waals surface area contributed by atoms with Gasteiger partial charge < -0.3 is 20.6 Å². The molecule has 1 unspecified atom stereocenters. The standard InChI is InChI=1S/C18H15N5O3S/c1-7-4-9(10-5-18(3)22-15(24)12(7)23(10)18)21-14-11-8(2)13(17(25)26)27-16(11)20-6-19-14/h4-6H,1-3H3,(H,22,24)(H,25,26)(H,19,20,21). The minimum atomic E-state index is -0.971. The number of aromatic nitrogens is 2. The van der Waals surface area contributed by atoms with Gasteiger partial charge in [0.2, 0.25) is 0 Å². The van der Waals surface area contributed by atoms with Crippen LogP contribution in [0.2, 0.25) is 0 Å². The molecular formula is C18H15N5O3S. The second kappa shape index (κ2) is 4.95. The number of aryl methyl sites for hydroxylation is 1. The summed E-state index contributed by atoms with van der Waals surface area (Å²) in [5.74, 6) is -0.502. The fourth-order valence-electron chi connectivity index (χ4n) is 3.93. The molecule has 2 aromatic rings. The van der Waals surface area contributed by atoms with Gasteiger partial charge in [0.1, 0.15) is 33.2 Å². The Hall–Kier alpha value is -3.20. The molecule has 1 fully saturated rings. The van der Waals surface area contributed by atoms with Crippen molar-refractivity contribution >= 4 is 39.2 Å². The van der Waals surface area contributed by atoms with Crippen LogP contribution in [-0.4, -0.2) is 37.5 Å². The summed E-state index contributed by atoms with van der Waals surface area (Å²) in [5.41, 5.74) is 3.37. The highest BCUT2D eigenvalue weighted by molar-refractivity contribution is 7.20. The molecule has 0 radical (unpaired) electrons. The number of carbonyl (C=O) groups excluding carboxylic acids is 1. The van der Waals surface area contributed by atoms with Crippen LogP contribution in [0, 0.1) is 6.92 Å². The molecule has 3 aliphatic heterocycles. The zero-order chi connectivity index (χ0) is 19.1. The predicted molar refractivity (Wildman–Crippen MR) is 100.0 cm³/mol. The van der Waals surface area contributed by atoms with Gasteiger partial charge in [-0.1, -0.05) is 0 Å². The van der Waals surface area contributed by atoms with E-state index in [0.29, 0.717) is 27.3 Å². The predicted octanol–water partition coefficient (Wildman–Crippen LogP) is 2.33. The third kappa shape index (κ3) is 1.97. The van der Waals surface area contributed by atoms with Crippen LogP contribution in [0.25, 0.3) is 10.2 Å². The number of carboxylic acids is 1. The maximum absolute atomic E-state index is 12.2. The molecule has 0 aliphatic carbocycles. The Balaban J connectivity index is 1.62. The van der Waals surface area contributed by atoms with Gasteiger partial charge in [-0.15, -0.1) is 11.3 Å². The molecule has 0 aromatic carbocycles. The summed E-state index contributed by atoms with van der Waals surface area (Å²) in [5, 5.41) is 16.4. The van der Waals surface area contributed by atoms with Crippen LogP contribution >= 0.6 is 11.3 Å². The number of hydrogen-bond acceptors (Lipinski definition) is 7. The number of nitrogens with one attached hydrogen (secondary N) is 2. The Morgan fingerprint density at radius 1 is 1.37 bits per heavy atom. The highest BCUT2D eigenvalue weighted by Gasteiger charge is 2.53. The Morgan fingerprint density at radius 3 is 2.89 bits per heavy atom. The smallest absolute Gasteiger partial charge is 0.346 e. The fraction of sp³-hybridized carbons (Fsp3) is 0.222. The third-order valence-electron chi connectivity index (χ3n) is 5.11. The van der Waals surface area contributed by atoms with Crippen molar-refractivity contribution in [3.8, 4) is 0 Å². The van der Waals surface area contributed by atoms with Crippen LogP contribution in [0.15, 0.2) is 41.1 Å². The molecular weight excluding hydrogens is 366 g/mol. The molecule has 3 aliphatic rings. The summed E-state index contributed by atoms with van der Waals surface area (Å²) >= 11 is 1.14. The van der Waals surface area contributed by atoms with E-state index < -0.39 is 11.6 Å². The lowest BCUT2D eigenvalue weighted by molar-refractivity contribution is -0.116. The summed E-state index contributed by atoms with van der Waals surface area (Å²) in [6.45, 7) is 5.60. The van der Waals surface area contributed by atoms with E-state index in [-0.39, 0.29) is 10.8 Å². The van der Waals surface area contributed by atoms with Crippen LogP contribution in [0.5, 0.6) is 0 Å². The molecule has 5 heterocycles. The molecule has 8 nitrogen and oxygen atoms in total. The first kappa shape index (κ1) is 16.0. The van der Waals surface area contributed by atoms with E-state index >= 15 is 0 Å². The number of carboxylic acid groups (broad SMARTS) is 1. The minimum Gasteiger partial charge on any atom is -0.477 e. The van der Waals surface area contributed by atoms with E-state index in [1.165, 1.54) is 6.33 Å². The highest BCUT2D eigenvalue weighted by atomic mass is 32.1. The summed E-state index contributed by atoms with van der Waals surface area (Å²) in [6.07, 6.45) is 5.32. The van der Waals surface area contributed by atoms with Gasteiger partial charge in [-0.3, -0.25) is 4.79 Å². The Morgan fingerprint density at radius 2 is 2.15 bits per heavy atom. The van der Waals surface area contributed by atoms with Gasteiger partial charge in [-0.2, -0.15) is 0 Å². The number of anilines is 1. The first-order chi connectivity index (χ1) is 12.8. The second-order valence-corrected chi connectivity index (χ2v) is 7.94. The van der Waals surface area contributed by atoms with E-state index in [1.807, 2.05) is 30.9 Å². The number of allylic oxidation sites excluding steroid dienone is 2. The van der Waals surface area contributed by atoms with Crippen molar-refractivity contribution in [1.82, 2.24) is 20.2 Å². The fourth-order valence-corrected chi connectivity index (χ4v) is 4.91. The molecule has 9 heteroatoms. The van der Waals surface area contributed by atoms with Gasteiger partial charge in [-0.25, -0.2) is 14.8 Å². The van der Waals surface area contributed by atoms with Crippen LogP contribution in [0.1, 0.15) is 29.1 Å². The number of thiophene rings is 1. The molecule has 5 rings (SSSR count). The minimum absolute atomic E-state index is 0.0826. The van der Waals surface area contributed by atoms with Crippen LogP contribution in [0.3, 0.4) is 0 Å². The lowest BCUT2D eigenvalue weighted by Gasteiger charge is -2.46. The van der Waals surface area contributed by atoms with E-state index in [9.17, 15) is 14.7 Å². The van der Waals surface area contributed by atoms with E-state index in [4.69, 9.17) is 0 Å². The molecule has 1 amide bonds. The second-order valence-electron chi connectivity index (χ2n) is 6.95. The third-order valence-corrected chi connectivity index (χ3v) is 6.30. The van der Waals surface area contributed by atoms with Crippen molar-refractivity contribution in [3.63, 3.8) is 0 Å². The van der Waals surface area contributed by atoms with Crippen LogP contribution in [-0.2, 0) is 4.79 Å². The molecule has 1 saturated heterocycles. The molecule has 0 spiro atoms. The Bertz CT molecular complexity index is 1180. The normalized spacial score (nSPS) is 22.9. The number of carbonyl (C=O) groups is 2. The van der Waals surface area contributed by atoms with E-state index in [1.54, 1.807) is 6.92 Å². The van der Waals surface area contributed by atoms with Gasteiger partial charge in [0, 0.05) is 0 Å². The molecule has 27 heavy (non-hydrogen) atoms. The van der Waals surface area contributed by atoms with Crippen molar-refractivity contribution in [1.29, 1.82) is 0 Å². The molecule has 3 N–H and O–H groups in total. The largest absolute Gasteiger partial charge is 0.477 e. The maximum Gasteiger partial charge on any atom is 0.346 e. The number of hydrogen-bond donors (Lipinski definition) is 3. The van der Waals surface area contributed by atoms with Crippen molar-refractivity contribution in [2.24, 2.45) is 0 Å². The van der Waals surface area contributed by atoms with Crippen molar-refractivity contribution in [3.05, 3.63) is 51.6 Å². The summed E-state index contributed by atoms with van der Waals surface area (Å²) < 4.78 is 0. The van der Waals surface area contributed by atoms with Crippen molar-refractivity contribution < 1.29 is 14.7 Å². The average molecular weight is 381 g/mol. The Kier molecular flexibility index (Phi) is 2.93. The summed E-state index contributed by atoms with van der Waals surface area (Å²) in [7, 11) is 0. The van der Waals surface area contributed by atoms with Gasteiger partial charge in [0.25, 0.3) is 5.91 Å². The van der Waals surface area contributed by atoms with Crippen molar-refractivity contribution in [2.75, 3.05) is 5.32 Å². The molecule has 2 aromatic heterocycles. The highest BCUT2D eigenvalue weighted by Crippen LogP contribution is 2.47. The molecule has 0 bridgehead atoms. The quantitative estimate of drug-likeness (QED) is 0.749. The van der Waals surface area contributed by atoms with E-state index in [2.05, 4.69) is 20.6 Å². The van der Waals surface area contributed by atoms with Gasteiger partial charge in [0.15, 0.2) is 0 Å². The number of aromatic carboxylic acids is 1. The maximum atomic E-state index is 12.2. The number of nitrogens with zero attached hydrogens (tertiary/aromatic N) is 3. The number of fused-ring (bicyclic) bond motifs is 1. The van der Waals surface area contributed by atoms with Gasteiger partial charge in [0.05, 0.1) is 16.8 Å². The number of amides is 1. The topological polar surface area (TPSA) is 107 Å². The molecule has 136 valence electrons.